The Morgan fingerprint density at radius 3 is 2.44 bits per heavy atom. The topological polar surface area (TPSA) is 58.6 Å². The maximum absolute atomic E-state index is 12.9. The van der Waals surface area contributed by atoms with Gasteiger partial charge in [0, 0.05) is 38.2 Å². The third-order valence-electron chi connectivity index (χ3n) is 5.08. The van der Waals surface area contributed by atoms with Gasteiger partial charge in [-0.05, 0) is 24.6 Å². The quantitative estimate of drug-likeness (QED) is 0.800. The molecule has 1 N–H and O–H groups in total. The zero-order valence-electron chi connectivity index (χ0n) is 15.9. The van der Waals surface area contributed by atoms with Crippen LogP contribution in [0, 0.1) is 12.8 Å². The van der Waals surface area contributed by atoms with Gasteiger partial charge in [-0.1, -0.05) is 48.0 Å². The van der Waals surface area contributed by atoms with Gasteiger partial charge in [0.05, 0.1) is 12.5 Å². The van der Waals surface area contributed by atoms with Crippen LogP contribution in [-0.2, 0) is 9.53 Å². The fraction of sp³-hybridized carbons (Fsp3) is 0.364. The summed E-state index contributed by atoms with van der Waals surface area (Å²) in [6.07, 6.45) is 0. The first-order valence-electron chi connectivity index (χ1n) is 9.27. The number of methoxy groups -OCH3 is 1. The van der Waals surface area contributed by atoms with Crippen LogP contribution in [-0.4, -0.2) is 50.1 Å². The molecule has 142 valence electrons. The lowest BCUT2D eigenvalue weighted by molar-refractivity contribution is -0.125. The van der Waals surface area contributed by atoms with Crippen molar-refractivity contribution in [2.45, 2.75) is 12.8 Å². The zero-order chi connectivity index (χ0) is 19.2. The predicted molar refractivity (Wildman–Crippen MR) is 105 cm³/mol. The number of nitrogens with one attached hydrogen (secondary N) is 1. The summed E-state index contributed by atoms with van der Waals surface area (Å²) in [6, 6.07) is 17.5. The van der Waals surface area contributed by atoms with E-state index in [4.69, 9.17) is 4.74 Å². The first kappa shape index (κ1) is 19.1. The van der Waals surface area contributed by atoms with Crippen molar-refractivity contribution in [3.63, 3.8) is 0 Å². The summed E-state index contributed by atoms with van der Waals surface area (Å²) in [7, 11) is 1.61. The SMILES string of the molecule is COCCNC(=O)[C@H]1CN(C(=O)c2ccccc2)C[C@@H]1c1ccc(C)cc1. The summed E-state index contributed by atoms with van der Waals surface area (Å²) in [6.45, 7) is 3.95. The molecule has 0 aliphatic carbocycles. The van der Waals surface area contributed by atoms with Gasteiger partial charge in [-0.15, -0.1) is 0 Å². The summed E-state index contributed by atoms with van der Waals surface area (Å²) in [5, 5.41) is 2.93. The number of benzene rings is 2. The molecule has 2 atom stereocenters. The summed E-state index contributed by atoms with van der Waals surface area (Å²) < 4.78 is 5.02. The minimum absolute atomic E-state index is 0.0131. The Morgan fingerprint density at radius 1 is 1.07 bits per heavy atom. The standard InChI is InChI=1S/C22H26N2O3/c1-16-8-10-17(11-9-16)19-14-24(22(26)18-6-4-3-5-7-18)15-20(19)21(25)23-12-13-27-2/h3-11,19-20H,12-15H2,1-2H3,(H,23,25)/t19-,20+/m1/s1. The van der Waals surface area contributed by atoms with Gasteiger partial charge in [0.1, 0.15) is 0 Å². The second kappa shape index (κ2) is 8.82. The van der Waals surface area contributed by atoms with E-state index >= 15 is 0 Å². The number of carbonyl (C=O) groups is 2. The lowest BCUT2D eigenvalue weighted by atomic mass is 9.88. The number of hydrogen-bond acceptors (Lipinski definition) is 3. The van der Waals surface area contributed by atoms with E-state index in [1.165, 1.54) is 5.56 Å². The molecule has 0 saturated carbocycles. The molecule has 0 bridgehead atoms. The Bertz CT molecular complexity index is 774. The van der Waals surface area contributed by atoms with Gasteiger partial charge in [0.15, 0.2) is 0 Å². The molecule has 0 radical (unpaired) electrons. The number of ether oxygens (including phenoxy) is 1. The molecule has 1 aliphatic rings. The highest BCUT2D eigenvalue weighted by atomic mass is 16.5. The van der Waals surface area contributed by atoms with Gasteiger partial charge in [-0.3, -0.25) is 9.59 Å². The molecule has 1 saturated heterocycles. The van der Waals surface area contributed by atoms with Gasteiger partial charge in [-0.2, -0.15) is 0 Å². The molecule has 0 spiro atoms. The average Bonchev–Trinajstić information content (AvgIpc) is 3.14. The molecule has 0 aromatic heterocycles. The van der Waals surface area contributed by atoms with Crippen LogP contribution in [0.5, 0.6) is 0 Å². The van der Waals surface area contributed by atoms with Crippen molar-refractivity contribution in [2.24, 2.45) is 5.92 Å². The molecule has 1 aliphatic heterocycles. The largest absolute Gasteiger partial charge is 0.383 e. The Morgan fingerprint density at radius 2 is 1.78 bits per heavy atom. The number of rotatable bonds is 6. The van der Waals surface area contributed by atoms with Gasteiger partial charge < -0.3 is 15.0 Å². The molecule has 2 aromatic rings. The maximum atomic E-state index is 12.9. The van der Waals surface area contributed by atoms with Crippen molar-refractivity contribution in [3.05, 3.63) is 71.3 Å². The zero-order valence-corrected chi connectivity index (χ0v) is 15.9. The lowest BCUT2D eigenvalue weighted by Crippen LogP contribution is -2.37. The number of nitrogens with zero attached hydrogens (tertiary/aromatic N) is 1. The number of aryl methyl sites for hydroxylation is 1. The molecule has 5 nitrogen and oxygen atoms in total. The van der Waals surface area contributed by atoms with E-state index < -0.39 is 0 Å². The molecule has 3 rings (SSSR count). The van der Waals surface area contributed by atoms with Crippen molar-refractivity contribution < 1.29 is 14.3 Å². The molecular formula is C22H26N2O3. The molecule has 1 heterocycles. The van der Waals surface area contributed by atoms with Crippen LogP contribution in [0.3, 0.4) is 0 Å². The Kier molecular flexibility index (Phi) is 6.24. The average molecular weight is 366 g/mol. The number of hydrogen-bond donors (Lipinski definition) is 1. The highest BCUT2D eigenvalue weighted by Crippen LogP contribution is 2.34. The third-order valence-corrected chi connectivity index (χ3v) is 5.08. The van der Waals surface area contributed by atoms with E-state index in [0.717, 1.165) is 5.56 Å². The third kappa shape index (κ3) is 4.55. The van der Waals surface area contributed by atoms with E-state index in [-0.39, 0.29) is 23.7 Å². The van der Waals surface area contributed by atoms with Crippen LogP contribution in [0.1, 0.15) is 27.4 Å². The monoisotopic (exact) mass is 366 g/mol. The fourth-order valence-corrected chi connectivity index (χ4v) is 3.56. The van der Waals surface area contributed by atoms with Crippen molar-refractivity contribution in [1.82, 2.24) is 10.2 Å². The van der Waals surface area contributed by atoms with E-state index in [1.54, 1.807) is 12.0 Å². The van der Waals surface area contributed by atoms with Crippen LogP contribution in [0.15, 0.2) is 54.6 Å². The number of amides is 2. The first-order valence-corrected chi connectivity index (χ1v) is 9.27. The summed E-state index contributed by atoms with van der Waals surface area (Å²) in [5.74, 6) is -0.334. The van der Waals surface area contributed by atoms with Crippen molar-refractivity contribution in [2.75, 3.05) is 33.4 Å². The second-order valence-electron chi connectivity index (χ2n) is 6.98. The summed E-state index contributed by atoms with van der Waals surface area (Å²) >= 11 is 0. The lowest BCUT2D eigenvalue weighted by Gasteiger charge is -2.18. The highest BCUT2D eigenvalue weighted by Gasteiger charge is 2.40. The minimum Gasteiger partial charge on any atom is -0.383 e. The van der Waals surface area contributed by atoms with Crippen LogP contribution >= 0.6 is 0 Å². The van der Waals surface area contributed by atoms with E-state index in [1.807, 2.05) is 37.3 Å². The van der Waals surface area contributed by atoms with Crippen LogP contribution in [0.2, 0.25) is 0 Å². The van der Waals surface area contributed by atoms with Gasteiger partial charge in [0.2, 0.25) is 5.91 Å². The van der Waals surface area contributed by atoms with Crippen molar-refractivity contribution in [1.29, 1.82) is 0 Å². The second-order valence-corrected chi connectivity index (χ2v) is 6.98. The molecule has 27 heavy (non-hydrogen) atoms. The van der Waals surface area contributed by atoms with Crippen LogP contribution in [0.25, 0.3) is 0 Å². The Balaban J connectivity index is 1.80. The van der Waals surface area contributed by atoms with Crippen molar-refractivity contribution in [3.8, 4) is 0 Å². The minimum atomic E-state index is -0.266. The predicted octanol–water partition coefficient (Wildman–Crippen LogP) is 2.61. The molecule has 1 fully saturated rings. The van der Waals surface area contributed by atoms with Gasteiger partial charge in [-0.25, -0.2) is 0 Å². The molecule has 2 amide bonds. The fourth-order valence-electron chi connectivity index (χ4n) is 3.56. The molecule has 0 unspecified atom stereocenters. The van der Waals surface area contributed by atoms with Crippen LogP contribution in [0.4, 0.5) is 0 Å². The summed E-state index contributed by atoms with van der Waals surface area (Å²) in [5.41, 5.74) is 2.92. The van der Waals surface area contributed by atoms with E-state index in [2.05, 4.69) is 29.6 Å². The Labute approximate surface area is 160 Å². The number of carbonyl (C=O) groups excluding carboxylic acids is 2. The number of likely N-dealkylation sites (tertiary alicyclic amines) is 1. The first-order chi connectivity index (χ1) is 13.1. The molecular weight excluding hydrogens is 340 g/mol. The smallest absolute Gasteiger partial charge is 0.253 e. The van der Waals surface area contributed by atoms with Crippen molar-refractivity contribution >= 4 is 11.8 Å². The van der Waals surface area contributed by atoms with E-state index in [0.29, 0.717) is 31.8 Å². The molecule has 5 heteroatoms. The highest BCUT2D eigenvalue weighted by molar-refractivity contribution is 5.95. The van der Waals surface area contributed by atoms with Gasteiger partial charge in [0.25, 0.3) is 5.91 Å². The van der Waals surface area contributed by atoms with E-state index in [9.17, 15) is 9.59 Å². The van der Waals surface area contributed by atoms with Crippen LogP contribution < -0.4 is 5.32 Å². The molecule has 2 aromatic carbocycles. The summed E-state index contributed by atoms with van der Waals surface area (Å²) in [4.78, 5) is 27.4. The Hall–Kier alpha value is -2.66. The normalized spacial score (nSPS) is 19.1. The maximum Gasteiger partial charge on any atom is 0.253 e. The van der Waals surface area contributed by atoms with Gasteiger partial charge >= 0.3 is 0 Å².